The number of aromatic nitrogens is 4. The van der Waals surface area contributed by atoms with Crippen molar-refractivity contribution in [3.63, 3.8) is 0 Å². The van der Waals surface area contributed by atoms with E-state index in [2.05, 4.69) is 20.3 Å². The highest BCUT2D eigenvalue weighted by atomic mass is 16.5. The van der Waals surface area contributed by atoms with E-state index < -0.39 is 0 Å². The van der Waals surface area contributed by atoms with Crippen LogP contribution in [-0.4, -0.2) is 33.2 Å². The van der Waals surface area contributed by atoms with Gasteiger partial charge in [0.1, 0.15) is 11.5 Å². The van der Waals surface area contributed by atoms with Gasteiger partial charge in [0.25, 0.3) is 0 Å². The second kappa shape index (κ2) is 5.55. The van der Waals surface area contributed by atoms with Gasteiger partial charge in [0.2, 0.25) is 17.6 Å². The molecule has 2 aromatic heterocycles. The summed E-state index contributed by atoms with van der Waals surface area (Å²) >= 11 is 0. The van der Waals surface area contributed by atoms with Crippen LogP contribution in [0.3, 0.4) is 0 Å². The first-order chi connectivity index (χ1) is 9.15. The second-order valence-corrected chi connectivity index (χ2v) is 3.99. The van der Waals surface area contributed by atoms with Gasteiger partial charge in [-0.2, -0.15) is 4.98 Å². The minimum absolute atomic E-state index is 0.00137. The third-order valence-corrected chi connectivity index (χ3v) is 2.72. The van der Waals surface area contributed by atoms with Crippen LogP contribution in [0.4, 0.5) is 0 Å². The molecular formula is C12H14N4O3. The molecule has 1 unspecified atom stereocenters. The average Bonchev–Trinajstić information content (AvgIpc) is 2.89. The van der Waals surface area contributed by atoms with E-state index in [4.69, 9.17) is 9.26 Å². The quantitative estimate of drug-likeness (QED) is 0.808. The van der Waals surface area contributed by atoms with Crippen LogP contribution in [0, 0.1) is 0 Å². The number of methoxy groups -OCH3 is 1. The second-order valence-electron chi connectivity index (χ2n) is 3.99. The summed E-state index contributed by atoms with van der Waals surface area (Å²) in [6.45, 7) is 3.40. The fraction of sp³-hybridized carbons (Fsp3) is 0.417. The van der Waals surface area contributed by atoms with Crippen molar-refractivity contribution in [2.75, 3.05) is 7.11 Å². The van der Waals surface area contributed by atoms with Crippen LogP contribution in [-0.2, 0) is 4.79 Å². The molecule has 2 rings (SSSR count). The molecule has 7 nitrogen and oxygen atoms in total. The van der Waals surface area contributed by atoms with E-state index in [1.165, 1.54) is 14.0 Å². The van der Waals surface area contributed by atoms with Crippen molar-refractivity contribution in [2.24, 2.45) is 0 Å². The Kier molecular flexibility index (Phi) is 3.84. The summed E-state index contributed by atoms with van der Waals surface area (Å²) in [6, 6.07) is 3.33. The van der Waals surface area contributed by atoms with Gasteiger partial charge in [0.05, 0.1) is 13.0 Å². The van der Waals surface area contributed by atoms with Gasteiger partial charge in [0, 0.05) is 6.07 Å². The van der Waals surface area contributed by atoms with Gasteiger partial charge in [-0.05, 0) is 19.4 Å². The maximum atomic E-state index is 11.4. The molecule has 0 aliphatic heterocycles. The molecule has 0 aromatic carbocycles. The number of hydrogen-bond donors (Lipinski definition) is 0. The van der Waals surface area contributed by atoms with E-state index in [0.717, 1.165) is 0 Å². The maximum Gasteiger partial charge on any atom is 0.237 e. The molecule has 0 N–H and O–H groups in total. The molecule has 0 spiro atoms. The van der Waals surface area contributed by atoms with Crippen LogP contribution in [0.25, 0.3) is 11.5 Å². The molecular weight excluding hydrogens is 248 g/mol. The van der Waals surface area contributed by atoms with Gasteiger partial charge in [-0.25, -0.2) is 0 Å². The topological polar surface area (TPSA) is 91.0 Å². The van der Waals surface area contributed by atoms with E-state index in [1.54, 1.807) is 12.1 Å². The lowest BCUT2D eigenvalue weighted by Crippen LogP contribution is -2.07. The van der Waals surface area contributed by atoms with Crippen LogP contribution in [0.5, 0.6) is 5.88 Å². The number of hydrogen-bond acceptors (Lipinski definition) is 7. The summed E-state index contributed by atoms with van der Waals surface area (Å²) in [4.78, 5) is 15.6. The SMILES string of the molecule is CCC(C(C)=O)c1nc(-c2ccc(OC)nn2)no1. The molecule has 0 bridgehead atoms. The molecule has 0 aliphatic rings. The van der Waals surface area contributed by atoms with Crippen LogP contribution < -0.4 is 4.74 Å². The Labute approximate surface area is 110 Å². The molecule has 0 saturated heterocycles. The number of nitrogens with zero attached hydrogens (tertiary/aromatic N) is 4. The van der Waals surface area contributed by atoms with Crippen molar-refractivity contribution in [2.45, 2.75) is 26.2 Å². The normalized spacial score (nSPS) is 12.2. The van der Waals surface area contributed by atoms with Crippen molar-refractivity contribution in [1.82, 2.24) is 20.3 Å². The van der Waals surface area contributed by atoms with Crippen LogP contribution in [0.2, 0.25) is 0 Å². The van der Waals surface area contributed by atoms with E-state index >= 15 is 0 Å². The van der Waals surface area contributed by atoms with Gasteiger partial charge in [-0.1, -0.05) is 12.1 Å². The molecule has 0 fully saturated rings. The molecule has 2 heterocycles. The van der Waals surface area contributed by atoms with Crippen molar-refractivity contribution < 1.29 is 14.1 Å². The van der Waals surface area contributed by atoms with E-state index in [0.29, 0.717) is 29.7 Å². The Bertz CT molecular complexity index is 565. The zero-order valence-electron chi connectivity index (χ0n) is 11.0. The molecule has 0 amide bonds. The van der Waals surface area contributed by atoms with Gasteiger partial charge in [-0.3, -0.25) is 4.79 Å². The Balaban J connectivity index is 2.26. The number of Topliss-reactive ketones (excluding diaryl/α,β-unsaturated/α-hetero) is 1. The van der Waals surface area contributed by atoms with Crippen LogP contribution >= 0.6 is 0 Å². The zero-order chi connectivity index (χ0) is 13.8. The Morgan fingerprint density at radius 3 is 2.74 bits per heavy atom. The summed E-state index contributed by atoms with van der Waals surface area (Å²) < 4.78 is 10.0. The van der Waals surface area contributed by atoms with Crippen molar-refractivity contribution >= 4 is 5.78 Å². The predicted molar refractivity (Wildman–Crippen MR) is 65.6 cm³/mol. The lowest BCUT2D eigenvalue weighted by atomic mass is 10.0. The average molecular weight is 262 g/mol. The number of ether oxygens (including phenoxy) is 1. The standard InChI is InChI=1S/C12H14N4O3/c1-4-8(7(2)17)12-13-11(16-19-12)9-5-6-10(18-3)15-14-9/h5-6,8H,4H2,1-3H3. The Morgan fingerprint density at radius 2 is 2.21 bits per heavy atom. The molecule has 0 saturated carbocycles. The maximum absolute atomic E-state index is 11.4. The lowest BCUT2D eigenvalue weighted by Gasteiger charge is -2.03. The fourth-order valence-electron chi connectivity index (χ4n) is 1.66. The Morgan fingerprint density at radius 1 is 1.42 bits per heavy atom. The number of ketones is 1. The van der Waals surface area contributed by atoms with Gasteiger partial charge >= 0.3 is 0 Å². The van der Waals surface area contributed by atoms with Crippen LogP contribution in [0.1, 0.15) is 32.1 Å². The minimum atomic E-state index is -0.368. The monoisotopic (exact) mass is 262 g/mol. The van der Waals surface area contributed by atoms with Crippen molar-refractivity contribution in [3.05, 3.63) is 18.0 Å². The summed E-state index contributed by atoms with van der Waals surface area (Å²) in [6.07, 6.45) is 0.616. The molecule has 100 valence electrons. The fourth-order valence-corrected chi connectivity index (χ4v) is 1.66. The minimum Gasteiger partial charge on any atom is -0.480 e. The first kappa shape index (κ1) is 13.1. The first-order valence-corrected chi connectivity index (χ1v) is 5.87. The smallest absolute Gasteiger partial charge is 0.237 e. The third-order valence-electron chi connectivity index (χ3n) is 2.72. The lowest BCUT2D eigenvalue weighted by molar-refractivity contribution is -0.119. The highest BCUT2D eigenvalue weighted by Crippen LogP contribution is 2.21. The largest absolute Gasteiger partial charge is 0.480 e. The summed E-state index contributed by atoms with van der Waals surface area (Å²) in [5.74, 6) is 0.654. The van der Waals surface area contributed by atoms with Crippen molar-refractivity contribution in [1.29, 1.82) is 0 Å². The Hall–Kier alpha value is -2.31. The van der Waals surface area contributed by atoms with Gasteiger partial charge < -0.3 is 9.26 Å². The van der Waals surface area contributed by atoms with E-state index in [9.17, 15) is 4.79 Å². The number of rotatable bonds is 5. The molecule has 1 atom stereocenters. The molecule has 7 heteroatoms. The molecule has 2 aromatic rings. The third kappa shape index (κ3) is 2.75. The molecule has 0 aliphatic carbocycles. The number of carbonyl (C=O) groups excluding carboxylic acids is 1. The zero-order valence-corrected chi connectivity index (χ0v) is 11.0. The summed E-state index contributed by atoms with van der Waals surface area (Å²) in [5.41, 5.74) is 0.467. The molecule has 0 radical (unpaired) electrons. The summed E-state index contributed by atoms with van der Waals surface area (Å²) in [5, 5.41) is 11.6. The van der Waals surface area contributed by atoms with E-state index in [-0.39, 0.29) is 11.7 Å². The highest BCUT2D eigenvalue weighted by Gasteiger charge is 2.22. The van der Waals surface area contributed by atoms with Crippen molar-refractivity contribution in [3.8, 4) is 17.4 Å². The number of carbonyl (C=O) groups is 1. The highest BCUT2D eigenvalue weighted by molar-refractivity contribution is 5.82. The molecule has 19 heavy (non-hydrogen) atoms. The van der Waals surface area contributed by atoms with Gasteiger partial charge in [0.15, 0.2) is 0 Å². The predicted octanol–water partition coefficient (Wildman–Crippen LogP) is 1.62. The summed E-state index contributed by atoms with van der Waals surface area (Å²) in [7, 11) is 1.51. The van der Waals surface area contributed by atoms with Crippen LogP contribution in [0.15, 0.2) is 16.7 Å². The van der Waals surface area contributed by atoms with Gasteiger partial charge in [-0.15, -0.1) is 10.2 Å². The first-order valence-electron chi connectivity index (χ1n) is 5.87. The van der Waals surface area contributed by atoms with E-state index in [1.807, 2.05) is 6.92 Å².